The summed E-state index contributed by atoms with van der Waals surface area (Å²) in [7, 11) is 0. The van der Waals surface area contributed by atoms with Crippen molar-refractivity contribution in [2.24, 2.45) is 5.92 Å². The first kappa shape index (κ1) is 12.4. The molecule has 0 saturated heterocycles. The van der Waals surface area contributed by atoms with E-state index in [1.54, 1.807) is 0 Å². The fourth-order valence-corrected chi connectivity index (χ4v) is 2.40. The van der Waals surface area contributed by atoms with Gasteiger partial charge in [-0.25, -0.2) is 4.98 Å². The van der Waals surface area contributed by atoms with Gasteiger partial charge in [0.15, 0.2) is 0 Å². The Morgan fingerprint density at radius 2 is 2.24 bits per heavy atom. The van der Waals surface area contributed by atoms with Gasteiger partial charge in [0.25, 0.3) is 0 Å². The Kier molecular flexibility index (Phi) is 4.05. The molecule has 1 saturated carbocycles. The van der Waals surface area contributed by atoms with Crippen LogP contribution in [0.15, 0.2) is 6.07 Å². The largest absolute Gasteiger partial charge is 0.478 e. The van der Waals surface area contributed by atoms with E-state index in [9.17, 15) is 0 Å². The van der Waals surface area contributed by atoms with Crippen LogP contribution in [0.25, 0.3) is 0 Å². The summed E-state index contributed by atoms with van der Waals surface area (Å²) < 4.78 is 5.38. The molecule has 2 rings (SSSR count). The van der Waals surface area contributed by atoms with E-state index in [-0.39, 0.29) is 0 Å². The minimum atomic E-state index is 0.360. The molecule has 17 heavy (non-hydrogen) atoms. The molecule has 4 nitrogen and oxygen atoms in total. The average Bonchev–Trinajstić information content (AvgIpc) is 2.22. The molecule has 1 aliphatic carbocycles. The maximum absolute atomic E-state index is 5.94. The smallest absolute Gasteiger partial charge is 0.226 e. The van der Waals surface area contributed by atoms with Gasteiger partial charge in [0.1, 0.15) is 0 Å². The summed E-state index contributed by atoms with van der Waals surface area (Å²) >= 11 is 5.94. The Labute approximate surface area is 107 Å². The SMILES string of the molecule is CCOc1cc(C)nc(NCC2CC(Cl)C2)n1. The predicted octanol–water partition coefficient (Wildman–Crippen LogP) is 2.61. The Balaban J connectivity index is 1.90. The molecule has 0 aliphatic heterocycles. The second-order valence-corrected chi connectivity index (χ2v) is 5.04. The highest BCUT2D eigenvalue weighted by molar-refractivity contribution is 6.21. The zero-order chi connectivity index (χ0) is 12.3. The van der Waals surface area contributed by atoms with Crippen LogP contribution in [0.2, 0.25) is 0 Å². The molecule has 5 heteroatoms. The first-order valence-electron chi connectivity index (χ1n) is 6.03. The normalized spacial score (nSPS) is 23.0. The van der Waals surface area contributed by atoms with Gasteiger partial charge < -0.3 is 10.1 Å². The first-order valence-corrected chi connectivity index (χ1v) is 6.47. The number of nitrogens with zero attached hydrogens (tertiary/aromatic N) is 2. The van der Waals surface area contributed by atoms with Crippen molar-refractivity contribution in [3.8, 4) is 5.88 Å². The maximum atomic E-state index is 5.94. The van der Waals surface area contributed by atoms with Crippen molar-refractivity contribution in [1.29, 1.82) is 0 Å². The average molecular weight is 256 g/mol. The number of hydrogen-bond donors (Lipinski definition) is 1. The van der Waals surface area contributed by atoms with Gasteiger partial charge in [-0.3, -0.25) is 0 Å². The summed E-state index contributed by atoms with van der Waals surface area (Å²) in [6.07, 6.45) is 2.16. The minimum Gasteiger partial charge on any atom is -0.478 e. The number of aromatic nitrogens is 2. The minimum absolute atomic E-state index is 0.360. The monoisotopic (exact) mass is 255 g/mol. The summed E-state index contributed by atoms with van der Waals surface area (Å²) in [5, 5.41) is 3.61. The highest BCUT2D eigenvalue weighted by atomic mass is 35.5. The topological polar surface area (TPSA) is 47.0 Å². The molecular formula is C12H18ClN3O. The van der Waals surface area contributed by atoms with Crippen LogP contribution in [-0.4, -0.2) is 28.5 Å². The number of rotatable bonds is 5. The van der Waals surface area contributed by atoms with E-state index in [1.807, 2.05) is 19.9 Å². The van der Waals surface area contributed by atoms with Gasteiger partial charge in [-0.2, -0.15) is 4.98 Å². The lowest BCUT2D eigenvalue weighted by molar-refractivity contribution is 0.325. The molecular weight excluding hydrogens is 238 g/mol. The molecule has 1 fully saturated rings. The van der Waals surface area contributed by atoms with Gasteiger partial charge in [-0.1, -0.05) is 0 Å². The summed E-state index contributed by atoms with van der Waals surface area (Å²) in [6, 6.07) is 1.84. The lowest BCUT2D eigenvalue weighted by atomic mass is 9.85. The molecule has 1 aromatic rings. The molecule has 1 heterocycles. The number of halogens is 1. The van der Waals surface area contributed by atoms with Crippen LogP contribution in [0.5, 0.6) is 5.88 Å². The van der Waals surface area contributed by atoms with E-state index in [0.717, 1.165) is 25.1 Å². The second kappa shape index (κ2) is 5.54. The van der Waals surface area contributed by atoms with Crippen molar-refractivity contribution in [2.75, 3.05) is 18.5 Å². The summed E-state index contributed by atoms with van der Waals surface area (Å²) in [5.74, 6) is 1.93. The van der Waals surface area contributed by atoms with Crippen molar-refractivity contribution in [3.63, 3.8) is 0 Å². The highest BCUT2D eigenvalue weighted by Gasteiger charge is 2.26. The van der Waals surface area contributed by atoms with Crippen LogP contribution in [0.1, 0.15) is 25.5 Å². The number of anilines is 1. The van der Waals surface area contributed by atoms with Crippen molar-refractivity contribution in [1.82, 2.24) is 9.97 Å². The number of ether oxygens (including phenoxy) is 1. The summed E-state index contributed by atoms with van der Waals surface area (Å²) in [5.41, 5.74) is 0.912. The van der Waals surface area contributed by atoms with Gasteiger partial charge in [0, 0.05) is 23.7 Å². The molecule has 0 aromatic carbocycles. The second-order valence-electron chi connectivity index (χ2n) is 4.42. The van der Waals surface area contributed by atoms with Gasteiger partial charge in [-0.15, -0.1) is 11.6 Å². The molecule has 1 N–H and O–H groups in total. The molecule has 0 radical (unpaired) electrons. The van der Waals surface area contributed by atoms with Gasteiger partial charge in [0.05, 0.1) is 6.61 Å². The zero-order valence-electron chi connectivity index (χ0n) is 10.2. The van der Waals surface area contributed by atoms with Gasteiger partial charge in [0.2, 0.25) is 11.8 Å². The third-order valence-electron chi connectivity index (χ3n) is 2.85. The van der Waals surface area contributed by atoms with Crippen LogP contribution in [0.4, 0.5) is 5.95 Å². The Bertz CT molecular complexity index is 380. The van der Waals surface area contributed by atoms with E-state index < -0.39 is 0 Å². The standard InChI is InChI=1S/C12H18ClN3O/c1-3-17-11-4-8(2)15-12(16-11)14-7-9-5-10(13)6-9/h4,9-10H,3,5-7H2,1-2H3,(H,14,15,16). The molecule has 1 aromatic heterocycles. The Hall–Kier alpha value is -1.03. The first-order chi connectivity index (χ1) is 8.17. The van der Waals surface area contributed by atoms with Crippen LogP contribution < -0.4 is 10.1 Å². The fourth-order valence-electron chi connectivity index (χ4n) is 1.90. The molecule has 94 valence electrons. The van der Waals surface area contributed by atoms with Crippen LogP contribution in [0.3, 0.4) is 0 Å². The molecule has 0 amide bonds. The quantitative estimate of drug-likeness (QED) is 0.822. The molecule has 1 aliphatic rings. The number of alkyl halides is 1. The van der Waals surface area contributed by atoms with E-state index >= 15 is 0 Å². The van der Waals surface area contributed by atoms with Crippen molar-refractivity contribution in [3.05, 3.63) is 11.8 Å². The van der Waals surface area contributed by atoms with Crippen molar-refractivity contribution in [2.45, 2.75) is 32.1 Å². The molecule has 0 spiro atoms. The van der Waals surface area contributed by atoms with Crippen molar-refractivity contribution < 1.29 is 4.74 Å². The number of hydrogen-bond acceptors (Lipinski definition) is 4. The van der Waals surface area contributed by atoms with Crippen LogP contribution in [0, 0.1) is 12.8 Å². The highest BCUT2D eigenvalue weighted by Crippen LogP contribution is 2.31. The third-order valence-corrected chi connectivity index (χ3v) is 3.21. The molecule has 0 bridgehead atoms. The Morgan fingerprint density at radius 1 is 1.47 bits per heavy atom. The maximum Gasteiger partial charge on any atom is 0.226 e. The van der Waals surface area contributed by atoms with Crippen LogP contribution in [-0.2, 0) is 0 Å². The van der Waals surface area contributed by atoms with E-state index in [1.165, 1.54) is 0 Å². The summed E-state index contributed by atoms with van der Waals surface area (Å²) in [4.78, 5) is 8.63. The Morgan fingerprint density at radius 3 is 2.88 bits per heavy atom. The molecule has 0 unspecified atom stereocenters. The number of nitrogens with one attached hydrogen (secondary N) is 1. The van der Waals surface area contributed by atoms with E-state index in [0.29, 0.717) is 29.7 Å². The van der Waals surface area contributed by atoms with Crippen LogP contribution >= 0.6 is 11.6 Å². The third kappa shape index (κ3) is 3.46. The van der Waals surface area contributed by atoms with Gasteiger partial charge >= 0.3 is 0 Å². The van der Waals surface area contributed by atoms with Crippen molar-refractivity contribution >= 4 is 17.5 Å². The van der Waals surface area contributed by atoms with Gasteiger partial charge in [-0.05, 0) is 32.6 Å². The zero-order valence-corrected chi connectivity index (χ0v) is 11.0. The predicted molar refractivity (Wildman–Crippen MR) is 68.8 cm³/mol. The lowest BCUT2D eigenvalue weighted by Gasteiger charge is -2.30. The fraction of sp³-hybridized carbons (Fsp3) is 0.667. The van der Waals surface area contributed by atoms with E-state index in [2.05, 4.69) is 15.3 Å². The molecule has 0 atom stereocenters. The summed E-state index contributed by atoms with van der Waals surface area (Å²) in [6.45, 7) is 5.39. The number of aryl methyl sites for hydroxylation is 1. The van der Waals surface area contributed by atoms with E-state index in [4.69, 9.17) is 16.3 Å². The lowest BCUT2D eigenvalue weighted by Crippen LogP contribution is -2.30.